The molecule has 0 radical (unpaired) electrons. The Labute approximate surface area is 170 Å². The van der Waals surface area contributed by atoms with Crippen LogP contribution >= 0.6 is 0 Å². The number of hydrogen-bond acceptors (Lipinski definition) is 6. The average molecular weight is 420 g/mol. The second kappa shape index (κ2) is 10.0. The van der Waals surface area contributed by atoms with Crippen LogP contribution in [0.25, 0.3) is 0 Å². The summed E-state index contributed by atoms with van der Waals surface area (Å²) in [6, 6.07) is 9.04. The summed E-state index contributed by atoms with van der Waals surface area (Å²) in [5.74, 6) is -1.16. The number of ether oxygens (including phenoxy) is 1. The molecule has 2 rings (SSSR count). The molecule has 0 bridgehead atoms. The first-order chi connectivity index (χ1) is 13.8. The summed E-state index contributed by atoms with van der Waals surface area (Å²) in [4.78, 5) is 28.1. The molecule has 0 unspecified atom stereocenters. The molecule has 0 fully saturated rings. The van der Waals surface area contributed by atoms with E-state index in [1.165, 1.54) is 31.6 Å². The van der Waals surface area contributed by atoms with Gasteiger partial charge in [0.25, 0.3) is 0 Å². The van der Waals surface area contributed by atoms with Crippen molar-refractivity contribution in [2.75, 3.05) is 13.7 Å². The lowest BCUT2D eigenvalue weighted by atomic mass is 10.2. The van der Waals surface area contributed by atoms with Gasteiger partial charge in [-0.1, -0.05) is 13.0 Å². The molecule has 0 saturated heterocycles. The molecule has 1 heterocycles. The molecule has 2 atom stereocenters. The second-order valence-electron chi connectivity index (χ2n) is 6.49. The summed E-state index contributed by atoms with van der Waals surface area (Å²) in [5, 5.41) is 3.87. The molecule has 2 aromatic rings. The van der Waals surface area contributed by atoms with Crippen molar-refractivity contribution >= 4 is 21.7 Å². The maximum atomic E-state index is 13.2. The van der Waals surface area contributed by atoms with E-state index in [4.69, 9.17) is 4.74 Å². The van der Waals surface area contributed by atoms with Crippen LogP contribution < -0.4 is 15.4 Å². The summed E-state index contributed by atoms with van der Waals surface area (Å²) in [6.07, 6.45) is 3.62. The van der Waals surface area contributed by atoms with E-state index in [0.29, 0.717) is 17.7 Å². The zero-order valence-electron chi connectivity index (χ0n) is 16.6. The molecule has 0 spiro atoms. The van der Waals surface area contributed by atoms with Crippen LogP contribution in [-0.4, -0.2) is 44.9 Å². The number of sulfone groups is 1. The van der Waals surface area contributed by atoms with Crippen molar-refractivity contribution in [2.24, 2.45) is 0 Å². The van der Waals surface area contributed by atoms with Gasteiger partial charge in [-0.25, -0.2) is 8.42 Å². The first-order valence-electron chi connectivity index (χ1n) is 9.16. The zero-order chi connectivity index (χ0) is 21.4. The van der Waals surface area contributed by atoms with Gasteiger partial charge in [-0.3, -0.25) is 14.6 Å². The van der Waals surface area contributed by atoms with Gasteiger partial charge in [0.05, 0.1) is 12.0 Å². The van der Waals surface area contributed by atoms with Gasteiger partial charge < -0.3 is 15.4 Å². The molecule has 0 saturated carbocycles. The maximum absolute atomic E-state index is 13.2. The Morgan fingerprint density at radius 1 is 1.14 bits per heavy atom. The molecule has 29 heavy (non-hydrogen) atoms. The number of methoxy groups -OCH3 is 1. The molecule has 1 aromatic heterocycles. The van der Waals surface area contributed by atoms with Crippen LogP contribution in [0.4, 0.5) is 0 Å². The fourth-order valence-electron chi connectivity index (χ4n) is 2.56. The van der Waals surface area contributed by atoms with Gasteiger partial charge in [-0.05, 0) is 49.2 Å². The monoisotopic (exact) mass is 419 g/mol. The lowest BCUT2D eigenvalue weighted by molar-refractivity contribution is -0.139. The van der Waals surface area contributed by atoms with Crippen LogP contribution in [0.2, 0.25) is 0 Å². The summed E-state index contributed by atoms with van der Waals surface area (Å²) in [5.41, 5.74) is 0.408. The van der Waals surface area contributed by atoms with E-state index in [-0.39, 0.29) is 17.5 Å². The van der Waals surface area contributed by atoms with Crippen molar-refractivity contribution in [3.05, 3.63) is 54.4 Å². The third-order valence-electron chi connectivity index (χ3n) is 4.46. The van der Waals surface area contributed by atoms with E-state index in [9.17, 15) is 18.0 Å². The van der Waals surface area contributed by atoms with Crippen molar-refractivity contribution < 1.29 is 22.7 Å². The van der Waals surface area contributed by atoms with Gasteiger partial charge in [0, 0.05) is 25.0 Å². The van der Waals surface area contributed by atoms with Gasteiger partial charge in [0.1, 0.15) is 11.0 Å². The lowest BCUT2D eigenvalue weighted by Crippen LogP contribution is -2.45. The molecule has 8 nitrogen and oxygen atoms in total. The van der Waals surface area contributed by atoms with Crippen LogP contribution in [0.5, 0.6) is 5.75 Å². The number of carbonyl (C=O) groups is 2. The minimum Gasteiger partial charge on any atom is -0.497 e. The van der Waals surface area contributed by atoms with Gasteiger partial charge in [0.15, 0.2) is 9.84 Å². The highest BCUT2D eigenvalue weighted by atomic mass is 32.2. The zero-order valence-corrected chi connectivity index (χ0v) is 17.4. The van der Waals surface area contributed by atoms with Gasteiger partial charge in [-0.15, -0.1) is 0 Å². The second-order valence-corrected chi connectivity index (χ2v) is 8.62. The molecular formula is C20H25N3O5S. The maximum Gasteiger partial charge on any atom is 0.309 e. The fourth-order valence-corrected chi connectivity index (χ4v) is 4.20. The summed E-state index contributed by atoms with van der Waals surface area (Å²) in [7, 11) is -2.38. The molecule has 9 heteroatoms. The summed E-state index contributed by atoms with van der Waals surface area (Å²) in [6.45, 7) is 3.38. The number of benzene rings is 1. The summed E-state index contributed by atoms with van der Waals surface area (Å²) >= 11 is 0. The predicted octanol–water partition coefficient (Wildman–Crippen LogP) is 1.64. The standard InChI is InChI=1S/C20H25N3O5S/c1-4-14(2)23-20(25)19(24)22-13-18(15-6-5-11-21-12-15)29(26,27)17-9-7-16(28-3)8-10-17/h5-12,14,18H,4,13H2,1-3H3,(H,22,24)(H,23,25)/t14-,18-/m0/s1. The SMILES string of the molecule is CC[C@H](C)NC(=O)C(=O)NC[C@@H](c1cccnc1)S(=O)(=O)c1ccc(OC)cc1. The Bertz CT molecular complexity index is 930. The summed E-state index contributed by atoms with van der Waals surface area (Å²) < 4.78 is 31.5. The van der Waals surface area contributed by atoms with Gasteiger partial charge >= 0.3 is 11.8 Å². The van der Waals surface area contributed by atoms with E-state index in [1.807, 2.05) is 6.92 Å². The Kier molecular flexibility index (Phi) is 7.72. The van der Waals surface area contributed by atoms with Crippen molar-refractivity contribution in [1.82, 2.24) is 15.6 Å². The van der Waals surface area contributed by atoms with E-state index in [1.54, 1.807) is 31.2 Å². The highest BCUT2D eigenvalue weighted by Crippen LogP contribution is 2.29. The van der Waals surface area contributed by atoms with Crippen molar-refractivity contribution in [3.63, 3.8) is 0 Å². The van der Waals surface area contributed by atoms with E-state index in [0.717, 1.165) is 0 Å². The predicted molar refractivity (Wildman–Crippen MR) is 108 cm³/mol. The normalized spacial score (nSPS) is 13.2. The number of hydrogen-bond donors (Lipinski definition) is 2. The molecule has 0 aliphatic heterocycles. The Balaban J connectivity index is 2.26. The Hall–Kier alpha value is -2.94. The molecular weight excluding hydrogens is 394 g/mol. The first kappa shape index (κ1) is 22.4. The van der Waals surface area contributed by atoms with Crippen LogP contribution in [0.15, 0.2) is 53.7 Å². The number of carbonyl (C=O) groups excluding carboxylic acids is 2. The third-order valence-corrected chi connectivity index (χ3v) is 6.58. The largest absolute Gasteiger partial charge is 0.497 e. The smallest absolute Gasteiger partial charge is 0.309 e. The van der Waals surface area contributed by atoms with E-state index < -0.39 is 26.9 Å². The van der Waals surface area contributed by atoms with Crippen LogP contribution in [-0.2, 0) is 19.4 Å². The number of nitrogens with zero attached hydrogens (tertiary/aromatic N) is 1. The minimum atomic E-state index is -3.87. The van der Waals surface area contributed by atoms with Crippen molar-refractivity contribution in [2.45, 2.75) is 36.5 Å². The molecule has 2 amide bonds. The number of pyridine rings is 1. The van der Waals surface area contributed by atoms with E-state index in [2.05, 4.69) is 15.6 Å². The van der Waals surface area contributed by atoms with E-state index >= 15 is 0 Å². The highest BCUT2D eigenvalue weighted by Gasteiger charge is 2.30. The number of amides is 2. The molecule has 1 aromatic carbocycles. The van der Waals surface area contributed by atoms with Crippen molar-refractivity contribution in [3.8, 4) is 5.75 Å². The third kappa shape index (κ3) is 5.77. The Morgan fingerprint density at radius 2 is 1.83 bits per heavy atom. The topological polar surface area (TPSA) is 114 Å². The molecule has 0 aliphatic carbocycles. The van der Waals surface area contributed by atoms with Crippen LogP contribution in [0.3, 0.4) is 0 Å². The molecule has 156 valence electrons. The fraction of sp³-hybridized carbons (Fsp3) is 0.350. The first-order valence-corrected chi connectivity index (χ1v) is 10.7. The highest BCUT2D eigenvalue weighted by molar-refractivity contribution is 7.91. The van der Waals surface area contributed by atoms with Gasteiger partial charge in [-0.2, -0.15) is 0 Å². The minimum absolute atomic E-state index is 0.0745. The number of aromatic nitrogens is 1. The Morgan fingerprint density at radius 3 is 2.38 bits per heavy atom. The number of rotatable bonds is 8. The lowest BCUT2D eigenvalue weighted by Gasteiger charge is -2.19. The van der Waals surface area contributed by atoms with Crippen LogP contribution in [0, 0.1) is 0 Å². The van der Waals surface area contributed by atoms with Gasteiger partial charge in [0.2, 0.25) is 0 Å². The molecule has 0 aliphatic rings. The molecule has 2 N–H and O–H groups in total. The average Bonchev–Trinajstić information content (AvgIpc) is 2.74. The van der Waals surface area contributed by atoms with Crippen LogP contribution in [0.1, 0.15) is 31.1 Å². The quantitative estimate of drug-likeness (QED) is 0.629. The van der Waals surface area contributed by atoms with Crippen molar-refractivity contribution in [1.29, 1.82) is 0 Å². The number of nitrogens with one attached hydrogen (secondary N) is 2.